The van der Waals surface area contributed by atoms with Crippen LogP contribution in [0.15, 0.2) is 16.5 Å². The van der Waals surface area contributed by atoms with E-state index in [1.165, 1.54) is 0 Å². The Morgan fingerprint density at radius 1 is 1.19 bits per heavy atom. The summed E-state index contributed by atoms with van der Waals surface area (Å²) in [5.74, 6) is 1.87. The van der Waals surface area contributed by atoms with Crippen molar-refractivity contribution < 1.29 is 29.6 Å². The van der Waals surface area contributed by atoms with E-state index in [-0.39, 0.29) is 0 Å². The van der Waals surface area contributed by atoms with Crippen LogP contribution in [0.25, 0.3) is 0 Å². The van der Waals surface area contributed by atoms with Gasteiger partial charge in [-0.3, -0.25) is 0 Å². The average Bonchev–Trinajstić information content (AvgIpc) is 3.06. The molecule has 7 nitrogen and oxygen atoms in total. The first-order valence-corrected chi connectivity index (χ1v) is 10.1. The fourth-order valence-corrected chi connectivity index (χ4v) is 3.53. The van der Waals surface area contributed by atoms with Crippen LogP contribution in [0.4, 0.5) is 0 Å². The smallest absolute Gasteiger partial charge is 0.114 e. The Morgan fingerprint density at radius 3 is 2.67 bits per heavy atom. The summed E-state index contributed by atoms with van der Waals surface area (Å²) in [6, 6.07) is 3.95. The van der Waals surface area contributed by atoms with Crippen LogP contribution in [-0.4, -0.2) is 82.6 Å². The molecule has 1 aliphatic heterocycles. The molecule has 0 bridgehead atoms. The molecule has 0 saturated carbocycles. The first-order chi connectivity index (χ1) is 13.0. The molecule has 156 valence electrons. The Hall–Kier alpha value is -0.960. The minimum absolute atomic E-state index is 0.302. The molecule has 1 aliphatic rings. The summed E-state index contributed by atoms with van der Waals surface area (Å²) >= 11 is 0. The van der Waals surface area contributed by atoms with Gasteiger partial charge in [0.25, 0.3) is 0 Å². The van der Waals surface area contributed by atoms with Crippen LogP contribution in [0.2, 0.25) is 0 Å². The van der Waals surface area contributed by atoms with Gasteiger partial charge in [-0.1, -0.05) is 12.8 Å². The first-order valence-electron chi connectivity index (χ1n) is 10.1. The lowest BCUT2D eigenvalue weighted by Gasteiger charge is -2.33. The molecule has 0 radical (unpaired) electrons. The summed E-state index contributed by atoms with van der Waals surface area (Å²) < 4.78 is 11.2. The van der Waals surface area contributed by atoms with Gasteiger partial charge >= 0.3 is 0 Å². The summed E-state index contributed by atoms with van der Waals surface area (Å²) in [6.07, 6.45) is 1.17. The molecule has 0 aromatic carbocycles. The number of hydrogen-bond donors (Lipinski definition) is 4. The highest BCUT2D eigenvalue weighted by Crippen LogP contribution is 2.15. The van der Waals surface area contributed by atoms with Crippen molar-refractivity contribution in [2.45, 2.75) is 69.9 Å². The largest absolute Gasteiger partial charge is 0.466 e. The molecule has 1 aromatic rings. The van der Waals surface area contributed by atoms with Crippen LogP contribution < -0.4 is 0 Å². The highest BCUT2D eigenvalue weighted by Gasteiger charge is 2.33. The average molecular weight is 386 g/mol. The second-order valence-corrected chi connectivity index (χ2v) is 7.47. The van der Waals surface area contributed by atoms with E-state index in [1.807, 2.05) is 19.1 Å². The number of rotatable bonds is 6. The Kier molecular flexibility index (Phi) is 9.75. The van der Waals surface area contributed by atoms with Gasteiger partial charge in [-0.25, -0.2) is 0 Å². The van der Waals surface area contributed by atoms with Gasteiger partial charge < -0.3 is 34.5 Å². The number of aliphatic hydroxyl groups excluding tert-OH is 4. The maximum Gasteiger partial charge on any atom is 0.114 e. The van der Waals surface area contributed by atoms with E-state index in [2.05, 4.69) is 4.90 Å². The SMILES string of the molecule is Cc1ccc(CCCN2CCCCCCO[C@H]([C@H](O)CO)[C@H](O)[C@@H](O)C2)o1. The zero-order valence-corrected chi connectivity index (χ0v) is 16.3. The molecule has 1 aromatic heterocycles. The van der Waals surface area contributed by atoms with Gasteiger partial charge in [-0.05, 0) is 51.4 Å². The maximum atomic E-state index is 10.5. The van der Waals surface area contributed by atoms with E-state index in [0.717, 1.165) is 63.1 Å². The van der Waals surface area contributed by atoms with Gasteiger partial charge in [-0.2, -0.15) is 0 Å². The zero-order valence-electron chi connectivity index (χ0n) is 16.3. The predicted molar refractivity (Wildman–Crippen MR) is 102 cm³/mol. The van der Waals surface area contributed by atoms with Crippen molar-refractivity contribution >= 4 is 0 Å². The van der Waals surface area contributed by atoms with Crippen molar-refractivity contribution in [3.05, 3.63) is 23.7 Å². The molecule has 0 amide bonds. The molecule has 7 heteroatoms. The number of aliphatic hydroxyl groups is 4. The van der Waals surface area contributed by atoms with Gasteiger partial charge in [0.2, 0.25) is 0 Å². The minimum atomic E-state index is -1.25. The molecule has 27 heavy (non-hydrogen) atoms. The third kappa shape index (κ3) is 7.52. The molecule has 2 rings (SSSR count). The van der Waals surface area contributed by atoms with Crippen LogP contribution >= 0.6 is 0 Å². The lowest BCUT2D eigenvalue weighted by molar-refractivity contribution is -0.146. The third-order valence-corrected chi connectivity index (χ3v) is 5.11. The van der Waals surface area contributed by atoms with Gasteiger partial charge in [0.1, 0.15) is 29.8 Å². The highest BCUT2D eigenvalue weighted by atomic mass is 16.5. The Morgan fingerprint density at radius 2 is 1.96 bits per heavy atom. The van der Waals surface area contributed by atoms with Gasteiger partial charge in [0.05, 0.1) is 12.7 Å². The standard InChI is InChI=1S/C20H35NO6/c1-15-8-9-16(27-15)7-6-11-21-10-4-2-3-5-12-26-20(18(24)14-22)19(25)17(23)13-21/h8-9,17-20,22-25H,2-7,10-14H2,1H3/t17-,18+,19+,20+/m0/s1. The van der Waals surface area contributed by atoms with E-state index in [9.17, 15) is 20.4 Å². The molecule has 0 spiro atoms. The second-order valence-electron chi connectivity index (χ2n) is 7.47. The summed E-state index contributed by atoms with van der Waals surface area (Å²) in [6.45, 7) is 3.76. The van der Waals surface area contributed by atoms with Crippen LogP contribution in [0, 0.1) is 6.92 Å². The van der Waals surface area contributed by atoms with Crippen LogP contribution in [-0.2, 0) is 11.2 Å². The zero-order chi connectivity index (χ0) is 19.6. The van der Waals surface area contributed by atoms with E-state index in [1.54, 1.807) is 0 Å². The molecule has 0 aliphatic carbocycles. The normalized spacial score (nSPS) is 27.7. The third-order valence-electron chi connectivity index (χ3n) is 5.11. The molecular weight excluding hydrogens is 350 g/mol. The molecule has 1 fully saturated rings. The molecular formula is C20H35NO6. The summed E-state index contributed by atoms with van der Waals surface area (Å²) in [4.78, 5) is 2.15. The fraction of sp³-hybridized carbons (Fsp3) is 0.800. The monoisotopic (exact) mass is 385 g/mol. The van der Waals surface area contributed by atoms with E-state index >= 15 is 0 Å². The summed E-state index contributed by atoms with van der Waals surface area (Å²) in [5.41, 5.74) is 0. The Bertz CT molecular complexity index is 522. The van der Waals surface area contributed by atoms with Crippen molar-refractivity contribution in [2.75, 3.05) is 32.8 Å². The number of ether oxygens (including phenoxy) is 1. The lowest BCUT2D eigenvalue weighted by Crippen LogP contribution is -2.51. The highest BCUT2D eigenvalue weighted by molar-refractivity contribution is 5.05. The van der Waals surface area contributed by atoms with E-state index in [0.29, 0.717) is 13.2 Å². The van der Waals surface area contributed by atoms with Crippen molar-refractivity contribution in [3.8, 4) is 0 Å². The quantitative estimate of drug-likeness (QED) is 0.575. The van der Waals surface area contributed by atoms with Crippen molar-refractivity contribution in [3.63, 3.8) is 0 Å². The molecule has 1 saturated heterocycles. The van der Waals surface area contributed by atoms with Crippen LogP contribution in [0.3, 0.4) is 0 Å². The Balaban J connectivity index is 1.92. The van der Waals surface area contributed by atoms with E-state index in [4.69, 9.17) is 9.15 Å². The second kappa shape index (κ2) is 11.8. The summed E-state index contributed by atoms with van der Waals surface area (Å²) in [5, 5.41) is 40.1. The number of aryl methyl sites for hydroxylation is 2. The lowest BCUT2D eigenvalue weighted by atomic mass is 10.0. The van der Waals surface area contributed by atoms with Gasteiger partial charge in [0, 0.05) is 19.6 Å². The maximum absolute atomic E-state index is 10.5. The fourth-order valence-electron chi connectivity index (χ4n) is 3.53. The van der Waals surface area contributed by atoms with Crippen LogP contribution in [0.5, 0.6) is 0 Å². The predicted octanol–water partition coefficient (Wildman–Crippen LogP) is 0.857. The van der Waals surface area contributed by atoms with Crippen molar-refractivity contribution in [2.24, 2.45) is 0 Å². The Labute approximate surface area is 161 Å². The van der Waals surface area contributed by atoms with Crippen molar-refractivity contribution in [1.29, 1.82) is 0 Å². The number of nitrogens with zero attached hydrogens (tertiary/aromatic N) is 1. The van der Waals surface area contributed by atoms with Crippen LogP contribution in [0.1, 0.15) is 43.6 Å². The van der Waals surface area contributed by atoms with E-state index < -0.39 is 31.0 Å². The minimum Gasteiger partial charge on any atom is -0.466 e. The topological polar surface area (TPSA) is 107 Å². The first kappa shape index (κ1) is 22.3. The number of furan rings is 1. The summed E-state index contributed by atoms with van der Waals surface area (Å²) in [7, 11) is 0. The number of hydrogen-bond acceptors (Lipinski definition) is 7. The van der Waals surface area contributed by atoms with Gasteiger partial charge in [0.15, 0.2) is 0 Å². The molecule has 2 heterocycles. The molecule has 4 N–H and O–H groups in total. The molecule has 0 unspecified atom stereocenters. The van der Waals surface area contributed by atoms with Crippen molar-refractivity contribution in [1.82, 2.24) is 4.90 Å². The molecule has 4 atom stereocenters. The van der Waals surface area contributed by atoms with Gasteiger partial charge in [-0.15, -0.1) is 0 Å². The number of β-amino-alcohol motifs (C(OH)–C–C–N with tert-alkyl or cyclic N) is 1.